The van der Waals surface area contributed by atoms with E-state index in [1.165, 1.54) is 0 Å². The summed E-state index contributed by atoms with van der Waals surface area (Å²) in [5, 5.41) is 1.81. The van der Waals surface area contributed by atoms with Crippen LogP contribution in [0.15, 0.2) is 115 Å². The second-order valence-electron chi connectivity index (χ2n) is 23.1. The summed E-state index contributed by atoms with van der Waals surface area (Å²) in [5.41, 5.74) is 8.53. The molecule has 22 heteroatoms. The fourth-order valence-corrected chi connectivity index (χ4v) is 9.75. The zero-order valence-corrected chi connectivity index (χ0v) is 48.4. The van der Waals surface area contributed by atoms with Crippen molar-refractivity contribution >= 4 is 82.0 Å². The first kappa shape index (κ1) is 58.4. The van der Waals surface area contributed by atoms with Gasteiger partial charge in [0, 0.05) is 45.8 Å². The van der Waals surface area contributed by atoms with Crippen LogP contribution >= 0.6 is 22.7 Å². The van der Waals surface area contributed by atoms with Crippen molar-refractivity contribution in [1.29, 1.82) is 0 Å². The summed E-state index contributed by atoms with van der Waals surface area (Å²) in [7, 11) is 0. The Hall–Kier alpha value is -7.85. The lowest BCUT2D eigenvalue weighted by Crippen LogP contribution is -2.34. The lowest BCUT2D eigenvalue weighted by Gasteiger charge is -2.21. The van der Waals surface area contributed by atoms with E-state index in [-0.39, 0.29) is 59.7 Å². The Morgan fingerprint density at radius 1 is 0.468 bits per heavy atom. The van der Waals surface area contributed by atoms with E-state index in [2.05, 4.69) is 39.9 Å². The van der Waals surface area contributed by atoms with Crippen LogP contribution in [0.2, 0.25) is 0 Å². The number of H-pyrrole nitrogens is 1. The second-order valence-corrected chi connectivity index (χ2v) is 25.0. The third kappa shape index (κ3) is 13.2. The van der Waals surface area contributed by atoms with Gasteiger partial charge in [0.1, 0.15) is 23.2 Å². The van der Waals surface area contributed by atoms with Crippen LogP contribution in [0.4, 0.5) is 5.69 Å². The minimum absolute atomic E-state index is 0.0112. The third-order valence-corrected chi connectivity index (χ3v) is 13.4. The lowest BCUT2D eigenvalue weighted by atomic mass is 10.1. The molecule has 0 amide bonds. The predicted octanol–water partition coefficient (Wildman–Crippen LogP) is 8.56. The number of hydrogen-bond donors (Lipinski definition) is 2. The average Bonchev–Trinajstić information content (AvgIpc) is 3.86. The van der Waals surface area contributed by atoms with Crippen LogP contribution in [-0.4, -0.2) is 62.7 Å². The van der Waals surface area contributed by atoms with Gasteiger partial charge in [0.2, 0.25) is 0 Å². The highest BCUT2D eigenvalue weighted by Gasteiger charge is 2.24. The first-order chi connectivity index (χ1) is 35.6. The molecule has 0 atom stereocenters. The molecule has 0 saturated heterocycles. The standard InChI is InChI=1S/C12H15N3O.C12H14N2O.C11H13N3O.C10H13N3O2S.C10H13N3OS/c1-8-5-6-9-10(14-8)13-7-15(11(9)16)12(2,3)4;1-12(2,3)14-8-13-10-7-5-4-6-9(10)11(14)15;1-11(2,3)14-7-13-9-8(10(14)15)5-4-6-12-9;1-5-11-7-6(8(14)12-5)16-9(15)13(7)10(2,3)4;1-10(2,3)13-8-7(15-9(13)14)6(11)4-5-12-8/h5-7H,1-4H3;4-8H,1-3H3;4-7H,1-3H3;1-4H3,(H,11,12,14);4-5H,1-3H3,(H2,11,12). The van der Waals surface area contributed by atoms with Gasteiger partial charge < -0.3 is 10.7 Å². The number of aromatic nitrogens is 13. The number of para-hydroxylation sites is 1. The van der Waals surface area contributed by atoms with Gasteiger partial charge in [-0.15, -0.1) is 0 Å². The number of nitrogens with two attached hydrogens (primary N) is 1. The topological polar surface area (TPSA) is 259 Å². The lowest BCUT2D eigenvalue weighted by molar-refractivity contribution is 0.381. The number of anilines is 1. The summed E-state index contributed by atoms with van der Waals surface area (Å²) >= 11 is 2.09. The summed E-state index contributed by atoms with van der Waals surface area (Å²) in [6.45, 7) is 33.1. The smallest absolute Gasteiger partial charge is 0.310 e. The molecule has 0 aliphatic heterocycles. The van der Waals surface area contributed by atoms with E-state index in [1.807, 2.05) is 141 Å². The van der Waals surface area contributed by atoms with E-state index in [0.29, 0.717) is 55.0 Å². The average molecular weight is 1090 g/mol. The van der Waals surface area contributed by atoms with Gasteiger partial charge in [-0.1, -0.05) is 34.8 Å². The quantitative estimate of drug-likeness (QED) is 0.144. The highest BCUT2D eigenvalue weighted by Crippen LogP contribution is 2.26. The van der Waals surface area contributed by atoms with E-state index < -0.39 is 0 Å². The number of aromatic amines is 1. The molecule has 9 heterocycles. The molecule has 10 aromatic rings. The van der Waals surface area contributed by atoms with Crippen molar-refractivity contribution in [2.24, 2.45) is 0 Å². The molecular weight excluding hydrogens is 1020 g/mol. The maximum absolute atomic E-state index is 12.2. The van der Waals surface area contributed by atoms with Crippen molar-refractivity contribution in [3.8, 4) is 0 Å². The Morgan fingerprint density at radius 2 is 0.948 bits per heavy atom. The monoisotopic (exact) mass is 1080 g/mol. The normalized spacial score (nSPS) is 12.1. The van der Waals surface area contributed by atoms with Crippen molar-refractivity contribution in [2.75, 3.05) is 5.73 Å². The number of benzene rings is 1. The van der Waals surface area contributed by atoms with Gasteiger partial charge in [-0.05, 0) is 160 Å². The summed E-state index contributed by atoms with van der Waals surface area (Å²) in [6.07, 6.45) is 8.00. The Morgan fingerprint density at radius 3 is 1.51 bits per heavy atom. The van der Waals surface area contributed by atoms with E-state index in [0.717, 1.165) is 38.6 Å². The SMILES string of the molecule is CC(C)(C)n1c(=O)sc2c(N)ccnc21.CC(C)(C)n1cnc2ccccc2c1=O.CC(C)(C)n1cnc2ncccc2c1=O.Cc1ccc2c(=O)n(C(C)(C)C)cnc2n1.Cc1nc2c(sc(=O)n2C(C)(C)C)c(=O)[nH]1. The molecule has 0 saturated carbocycles. The molecule has 0 unspecified atom stereocenters. The van der Waals surface area contributed by atoms with Crippen LogP contribution in [0.1, 0.15) is 115 Å². The molecule has 0 fully saturated rings. The Kier molecular flexibility index (Phi) is 16.7. The molecule has 0 bridgehead atoms. The maximum Gasteiger partial charge on any atom is 0.310 e. The number of aryl methyl sites for hydroxylation is 2. The second kappa shape index (κ2) is 22.0. The Bertz CT molecular complexity index is 4060. The van der Waals surface area contributed by atoms with Crippen LogP contribution in [0.25, 0.3) is 53.7 Å². The van der Waals surface area contributed by atoms with Gasteiger partial charge >= 0.3 is 9.75 Å². The number of fused-ring (bicyclic) bond motifs is 5. The van der Waals surface area contributed by atoms with Crippen molar-refractivity contribution in [1.82, 2.24) is 62.7 Å². The molecule has 0 aliphatic carbocycles. The van der Waals surface area contributed by atoms with Gasteiger partial charge in [-0.2, -0.15) is 0 Å². The highest BCUT2D eigenvalue weighted by atomic mass is 32.1. The molecule has 10 rings (SSSR count). The number of hydrogen-bond acceptors (Lipinski definition) is 16. The van der Waals surface area contributed by atoms with Crippen molar-refractivity contribution in [3.05, 3.63) is 158 Å². The van der Waals surface area contributed by atoms with E-state index >= 15 is 0 Å². The van der Waals surface area contributed by atoms with Crippen molar-refractivity contribution < 1.29 is 0 Å². The number of thiazole rings is 2. The first-order valence-electron chi connectivity index (χ1n) is 24.7. The van der Waals surface area contributed by atoms with E-state index in [1.54, 1.807) is 85.4 Å². The van der Waals surface area contributed by atoms with Crippen LogP contribution < -0.4 is 37.7 Å². The minimum atomic E-state index is -0.372. The number of nitrogens with zero attached hydrogens (tertiary/aromatic N) is 12. The third-order valence-electron chi connectivity index (χ3n) is 11.5. The molecule has 20 nitrogen and oxygen atoms in total. The van der Waals surface area contributed by atoms with Crippen LogP contribution in [-0.2, 0) is 27.7 Å². The molecule has 0 radical (unpaired) electrons. The van der Waals surface area contributed by atoms with Gasteiger partial charge in [0.05, 0.1) is 38.4 Å². The van der Waals surface area contributed by atoms with Gasteiger partial charge in [0.15, 0.2) is 22.6 Å². The number of nitrogens with one attached hydrogen (secondary N) is 1. The minimum Gasteiger partial charge on any atom is -0.397 e. The zero-order chi connectivity index (χ0) is 57.3. The zero-order valence-electron chi connectivity index (χ0n) is 46.8. The molecule has 0 spiro atoms. The van der Waals surface area contributed by atoms with Crippen LogP contribution in [0.3, 0.4) is 0 Å². The molecule has 9 aromatic heterocycles. The molecule has 406 valence electrons. The van der Waals surface area contributed by atoms with Gasteiger partial charge in [-0.3, -0.25) is 51.6 Å². The van der Waals surface area contributed by atoms with E-state index in [4.69, 9.17) is 5.73 Å². The molecule has 3 N–H and O–H groups in total. The van der Waals surface area contributed by atoms with Crippen molar-refractivity contribution in [2.45, 2.75) is 145 Å². The summed E-state index contributed by atoms with van der Waals surface area (Å²) < 4.78 is 9.33. The highest BCUT2D eigenvalue weighted by molar-refractivity contribution is 7.17. The Balaban J connectivity index is 0.000000156. The first-order valence-corrected chi connectivity index (χ1v) is 26.3. The van der Waals surface area contributed by atoms with Gasteiger partial charge in [-0.25, -0.2) is 34.9 Å². The Labute approximate surface area is 452 Å². The van der Waals surface area contributed by atoms with E-state index in [9.17, 15) is 28.8 Å². The summed E-state index contributed by atoms with van der Waals surface area (Å²) in [5.74, 6) is 0.522. The predicted molar refractivity (Wildman–Crippen MR) is 311 cm³/mol. The fraction of sp³-hybridized carbons (Fsp3) is 0.400. The summed E-state index contributed by atoms with van der Waals surface area (Å²) in [4.78, 5) is 103. The summed E-state index contributed by atoms with van der Waals surface area (Å²) in [6, 6.07) is 16.2. The largest absolute Gasteiger partial charge is 0.397 e. The van der Waals surface area contributed by atoms with Crippen LogP contribution in [0.5, 0.6) is 0 Å². The molecule has 0 aliphatic rings. The van der Waals surface area contributed by atoms with Crippen molar-refractivity contribution in [3.63, 3.8) is 0 Å². The van der Waals surface area contributed by atoms with Gasteiger partial charge in [0.25, 0.3) is 22.2 Å². The molecular formula is C55H68N14O6S2. The van der Waals surface area contributed by atoms with Crippen LogP contribution in [0, 0.1) is 13.8 Å². The number of pyridine rings is 3. The number of rotatable bonds is 0. The molecule has 77 heavy (non-hydrogen) atoms. The number of nitrogen functional groups attached to an aromatic ring is 1. The fourth-order valence-electron chi connectivity index (χ4n) is 7.71. The maximum atomic E-state index is 12.2. The molecule has 1 aromatic carbocycles.